The predicted octanol–water partition coefficient (Wildman–Crippen LogP) is 3.04. The number of nitriles is 1. The van der Waals surface area contributed by atoms with Crippen LogP contribution in [0.5, 0.6) is 0 Å². The van der Waals surface area contributed by atoms with Gasteiger partial charge < -0.3 is 10.4 Å². The molecule has 1 saturated carbocycles. The first-order valence-corrected chi connectivity index (χ1v) is 6.57. The van der Waals surface area contributed by atoms with Crippen LogP contribution in [-0.2, 0) is 0 Å². The van der Waals surface area contributed by atoms with Crippen LogP contribution in [0.1, 0.15) is 31.2 Å². The van der Waals surface area contributed by atoms with Crippen molar-refractivity contribution in [2.24, 2.45) is 0 Å². The summed E-state index contributed by atoms with van der Waals surface area (Å²) >= 11 is 3.45. The highest BCUT2D eigenvalue weighted by Crippen LogP contribution is 2.35. The minimum atomic E-state index is -0.184. The summed E-state index contributed by atoms with van der Waals surface area (Å²) in [7, 11) is 0. The third kappa shape index (κ3) is 2.62. The van der Waals surface area contributed by atoms with E-state index in [1.807, 2.05) is 6.07 Å². The Labute approximate surface area is 110 Å². The number of halogens is 1. The first kappa shape index (κ1) is 12.4. The number of nitrogens with zero attached hydrogens (tertiary/aromatic N) is 1. The van der Waals surface area contributed by atoms with Crippen molar-refractivity contribution in [2.75, 3.05) is 11.9 Å². The molecule has 0 atom stereocenters. The van der Waals surface area contributed by atoms with Crippen LogP contribution < -0.4 is 5.32 Å². The summed E-state index contributed by atoms with van der Waals surface area (Å²) in [6, 6.07) is 7.57. The third-order valence-electron chi connectivity index (χ3n) is 3.36. The van der Waals surface area contributed by atoms with E-state index in [1.165, 1.54) is 0 Å². The number of aliphatic hydroxyl groups is 1. The van der Waals surface area contributed by atoms with Gasteiger partial charge in [0.25, 0.3) is 0 Å². The highest BCUT2D eigenvalue weighted by Gasteiger charge is 2.33. The first-order valence-electron chi connectivity index (χ1n) is 5.78. The molecule has 1 aromatic carbocycles. The van der Waals surface area contributed by atoms with Gasteiger partial charge in [-0.05, 0) is 47.0 Å². The molecule has 1 aliphatic rings. The van der Waals surface area contributed by atoms with E-state index >= 15 is 0 Å². The van der Waals surface area contributed by atoms with E-state index in [0.29, 0.717) is 5.56 Å². The van der Waals surface area contributed by atoms with Crippen LogP contribution in [0.15, 0.2) is 22.7 Å². The molecular formula is C13H15BrN2O. The lowest BCUT2D eigenvalue weighted by molar-refractivity contribution is 0.214. The van der Waals surface area contributed by atoms with E-state index in [0.717, 1.165) is 35.8 Å². The molecule has 0 unspecified atom stereocenters. The van der Waals surface area contributed by atoms with Gasteiger partial charge in [0.15, 0.2) is 0 Å². The summed E-state index contributed by atoms with van der Waals surface area (Å²) < 4.78 is 0.872. The molecule has 0 amide bonds. The summed E-state index contributed by atoms with van der Waals surface area (Å²) in [6.45, 7) is 0.152. The zero-order valence-corrected chi connectivity index (χ0v) is 11.1. The predicted molar refractivity (Wildman–Crippen MR) is 70.8 cm³/mol. The van der Waals surface area contributed by atoms with E-state index in [2.05, 4.69) is 27.3 Å². The van der Waals surface area contributed by atoms with Crippen LogP contribution in [0, 0.1) is 11.3 Å². The monoisotopic (exact) mass is 294 g/mol. The highest BCUT2D eigenvalue weighted by atomic mass is 79.9. The molecule has 90 valence electrons. The zero-order chi connectivity index (χ0) is 12.3. The van der Waals surface area contributed by atoms with Gasteiger partial charge in [0.05, 0.1) is 23.8 Å². The van der Waals surface area contributed by atoms with Gasteiger partial charge in [0.2, 0.25) is 0 Å². The standard InChI is InChI=1S/C13H15BrN2O/c14-11-7-10(8-15)3-4-12(11)16-13(9-17)5-1-2-6-13/h3-4,7,16-17H,1-2,5-6,9H2. The molecular weight excluding hydrogens is 280 g/mol. The molecule has 0 radical (unpaired) electrons. The SMILES string of the molecule is N#Cc1ccc(NC2(CO)CCCC2)c(Br)c1. The van der Waals surface area contributed by atoms with E-state index in [-0.39, 0.29) is 12.1 Å². The minimum absolute atomic E-state index is 0.152. The lowest BCUT2D eigenvalue weighted by Gasteiger charge is -2.29. The maximum atomic E-state index is 9.54. The molecule has 1 fully saturated rings. The number of nitrogens with one attached hydrogen (secondary N) is 1. The summed E-state index contributed by atoms with van der Waals surface area (Å²) in [4.78, 5) is 0. The van der Waals surface area contributed by atoms with Crippen molar-refractivity contribution >= 4 is 21.6 Å². The van der Waals surface area contributed by atoms with Gasteiger partial charge in [0.1, 0.15) is 0 Å². The molecule has 2 rings (SSSR count). The summed E-state index contributed by atoms with van der Waals surface area (Å²) in [5, 5.41) is 21.8. The van der Waals surface area contributed by atoms with Gasteiger partial charge in [-0.15, -0.1) is 0 Å². The Bertz CT molecular complexity index is 447. The van der Waals surface area contributed by atoms with Crippen LogP contribution in [-0.4, -0.2) is 17.3 Å². The fourth-order valence-electron chi connectivity index (χ4n) is 2.35. The Morgan fingerprint density at radius 2 is 2.12 bits per heavy atom. The average molecular weight is 295 g/mol. The normalized spacial score (nSPS) is 17.7. The molecule has 17 heavy (non-hydrogen) atoms. The van der Waals surface area contributed by atoms with Crippen molar-refractivity contribution in [3.63, 3.8) is 0 Å². The van der Waals surface area contributed by atoms with Gasteiger partial charge in [-0.3, -0.25) is 0 Å². The second-order valence-corrected chi connectivity index (χ2v) is 5.43. The molecule has 0 saturated heterocycles. The van der Waals surface area contributed by atoms with E-state index in [1.54, 1.807) is 12.1 Å². The third-order valence-corrected chi connectivity index (χ3v) is 4.02. The maximum absolute atomic E-state index is 9.54. The van der Waals surface area contributed by atoms with Crippen LogP contribution >= 0.6 is 15.9 Å². The van der Waals surface area contributed by atoms with Crippen molar-refractivity contribution in [2.45, 2.75) is 31.2 Å². The van der Waals surface area contributed by atoms with Gasteiger partial charge in [-0.25, -0.2) is 0 Å². The van der Waals surface area contributed by atoms with Crippen LogP contribution in [0.3, 0.4) is 0 Å². The summed E-state index contributed by atoms with van der Waals surface area (Å²) in [5.74, 6) is 0. The lowest BCUT2D eigenvalue weighted by atomic mass is 9.98. The number of benzene rings is 1. The number of hydrogen-bond donors (Lipinski definition) is 2. The topological polar surface area (TPSA) is 56.0 Å². The van der Waals surface area contributed by atoms with Crippen molar-refractivity contribution in [3.05, 3.63) is 28.2 Å². The average Bonchev–Trinajstić information content (AvgIpc) is 2.81. The molecule has 0 heterocycles. The van der Waals surface area contributed by atoms with E-state index in [4.69, 9.17) is 5.26 Å². The second-order valence-electron chi connectivity index (χ2n) is 4.58. The van der Waals surface area contributed by atoms with Crippen molar-refractivity contribution < 1.29 is 5.11 Å². The molecule has 0 aliphatic heterocycles. The summed E-state index contributed by atoms with van der Waals surface area (Å²) in [6.07, 6.45) is 4.30. The maximum Gasteiger partial charge on any atom is 0.0992 e. The number of rotatable bonds is 3. The van der Waals surface area contributed by atoms with Crippen molar-refractivity contribution in [3.8, 4) is 6.07 Å². The lowest BCUT2D eigenvalue weighted by Crippen LogP contribution is -2.39. The molecule has 0 spiro atoms. The molecule has 1 aliphatic carbocycles. The Morgan fingerprint density at radius 1 is 1.41 bits per heavy atom. The molecule has 2 N–H and O–H groups in total. The van der Waals surface area contributed by atoms with Gasteiger partial charge in [-0.1, -0.05) is 12.8 Å². The quantitative estimate of drug-likeness (QED) is 0.901. The van der Waals surface area contributed by atoms with Crippen molar-refractivity contribution in [1.82, 2.24) is 0 Å². The fourth-order valence-corrected chi connectivity index (χ4v) is 2.82. The zero-order valence-electron chi connectivity index (χ0n) is 9.54. The van der Waals surface area contributed by atoms with Gasteiger partial charge >= 0.3 is 0 Å². The second kappa shape index (κ2) is 5.07. The fraction of sp³-hybridized carbons (Fsp3) is 0.462. The van der Waals surface area contributed by atoms with Crippen LogP contribution in [0.2, 0.25) is 0 Å². The highest BCUT2D eigenvalue weighted by molar-refractivity contribution is 9.10. The van der Waals surface area contributed by atoms with E-state index in [9.17, 15) is 5.11 Å². The molecule has 4 heteroatoms. The van der Waals surface area contributed by atoms with Crippen LogP contribution in [0.25, 0.3) is 0 Å². The number of hydrogen-bond acceptors (Lipinski definition) is 3. The Kier molecular flexibility index (Phi) is 3.70. The molecule has 0 bridgehead atoms. The molecule has 0 aromatic heterocycles. The number of aliphatic hydroxyl groups excluding tert-OH is 1. The van der Waals surface area contributed by atoms with Gasteiger partial charge in [-0.2, -0.15) is 5.26 Å². The molecule has 3 nitrogen and oxygen atoms in total. The van der Waals surface area contributed by atoms with Crippen LogP contribution in [0.4, 0.5) is 5.69 Å². The Hall–Kier alpha value is -1.05. The Morgan fingerprint density at radius 3 is 2.65 bits per heavy atom. The summed E-state index contributed by atoms with van der Waals surface area (Å²) in [5.41, 5.74) is 1.39. The van der Waals surface area contributed by atoms with Gasteiger partial charge in [0, 0.05) is 10.2 Å². The minimum Gasteiger partial charge on any atom is -0.394 e. The van der Waals surface area contributed by atoms with E-state index < -0.39 is 0 Å². The number of anilines is 1. The smallest absolute Gasteiger partial charge is 0.0992 e. The van der Waals surface area contributed by atoms with Crippen molar-refractivity contribution in [1.29, 1.82) is 5.26 Å². The first-order chi connectivity index (χ1) is 8.19. The largest absolute Gasteiger partial charge is 0.394 e. The Balaban J connectivity index is 2.21. The molecule has 1 aromatic rings.